The number of thiazole rings is 1. The molecule has 114 valence electrons. The van der Waals surface area contributed by atoms with E-state index in [-0.39, 0.29) is 17.1 Å². The number of rotatable bonds is 6. The summed E-state index contributed by atoms with van der Waals surface area (Å²) in [5, 5.41) is 2.81. The summed E-state index contributed by atoms with van der Waals surface area (Å²) in [6.07, 6.45) is 1.71. The molecule has 0 saturated heterocycles. The Morgan fingerprint density at radius 2 is 2.05 bits per heavy atom. The van der Waals surface area contributed by atoms with E-state index in [9.17, 15) is 13.2 Å². The average molecular weight is 339 g/mol. The van der Waals surface area contributed by atoms with Crippen LogP contribution in [0.2, 0.25) is 4.47 Å². The molecular weight excluding hydrogens is 320 g/mol. The van der Waals surface area contributed by atoms with Crippen molar-refractivity contribution in [2.24, 2.45) is 5.41 Å². The molecule has 0 bridgehead atoms. The second-order valence-electron chi connectivity index (χ2n) is 5.61. The number of nitrogens with zero attached hydrogens (tertiary/aromatic N) is 1. The van der Waals surface area contributed by atoms with E-state index in [0.29, 0.717) is 28.0 Å². The van der Waals surface area contributed by atoms with Gasteiger partial charge in [-0.15, -0.1) is 0 Å². The number of sulfone groups is 1. The molecule has 1 rings (SSSR count). The van der Waals surface area contributed by atoms with Crippen molar-refractivity contribution in [2.75, 3.05) is 18.6 Å². The van der Waals surface area contributed by atoms with E-state index in [1.54, 1.807) is 6.92 Å². The van der Waals surface area contributed by atoms with E-state index in [4.69, 9.17) is 11.6 Å². The van der Waals surface area contributed by atoms with E-state index in [2.05, 4.69) is 10.3 Å². The minimum Gasteiger partial charge on any atom is -0.351 e. The minimum absolute atomic E-state index is 0.112. The maximum absolute atomic E-state index is 12.0. The molecule has 20 heavy (non-hydrogen) atoms. The number of amides is 1. The molecule has 0 aliphatic carbocycles. The average Bonchev–Trinajstić information content (AvgIpc) is 2.62. The lowest BCUT2D eigenvalue weighted by atomic mass is 9.90. The van der Waals surface area contributed by atoms with Gasteiger partial charge in [-0.05, 0) is 18.8 Å². The topological polar surface area (TPSA) is 76.1 Å². The van der Waals surface area contributed by atoms with Crippen LogP contribution in [-0.4, -0.2) is 37.9 Å². The zero-order valence-corrected chi connectivity index (χ0v) is 14.4. The Morgan fingerprint density at radius 3 is 2.50 bits per heavy atom. The summed E-state index contributed by atoms with van der Waals surface area (Å²) in [5.41, 5.74) is 0.313. The molecule has 1 heterocycles. The van der Waals surface area contributed by atoms with Gasteiger partial charge >= 0.3 is 0 Å². The Bertz CT molecular complexity index is 594. The number of halogens is 1. The van der Waals surface area contributed by atoms with Gasteiger partial charge in [0.15, 0.2) is 4.47 Å². The Morgan fingerprint density at radius 1 is 1.45 bits per heavy atom. The maximum atomic E-state index is 12.0. The van der Waals surface area contributed by atoms with Gasteiger partial charge in [-0.1, -0.05) is 36.8 Å². The molecule has 0 fully saturated rings. The summed E-state index contributed by atoms with van der Waals surface area (Å²) in [5.74, 6) is -0.110. The summed E-state index contributed by atoms with van der Waals surface area (Å²) in [4.78, 5) is 16.5. The van der Waals surface area contributed by atoms with Gasteiger partial charge < -0.3 is 5.32 Å². The number of carbonyl (C=O) groups is 1. The third-order valence-electron chi connectivity index (χ3n) is 2.85. The van der Waals surface area contributed by atoms with E-state index in [0.717, 1.165) is 11.3 Å². The third kappa shape index (κ3) is 5.76. The predicted molar refractivity (Wildman–Crippen MR) is 82.3 cm³/mol. The largest absolute Gasteiger partial charge is 0.351 e. The van der Waals surface area contributed by atoms with Crippen LogP contribution < -0.4 is 5.32 Å². The number of aryl methyl sites for hydroxylation is 1. The molecule has 0 aliphatic rings. The van der Waals surface area contributed by atoms with Gasteiger partial charge in [-0.3, -0.25) is 4.79 Å². The summed E-state index contributed by atoms with van der Waals surface area (Å²) >= 11 is 6.90. The number of aromatic nitrogens is 1. The first kappa shape index (κ1) is 17.4. The first-order valence-corrected chi connectivity index (χ1v) is 9.34. The fourth-order valence-electron chi connectivity index (χ4n) is 1.52. The minimum atomic E-state index is -2.99. The van der Waals surface area contributed by atoms with Gasteiger partial charge in [0.05, 0.1) is 11.4 Å². The predicted octanol–water partition coefficient (Wildman–Crippen LogP) is 2.30. The summed E-state index contributed by atoms with van der Waals surface area (Å²) in [6, 6.07) is 0. The highest BCUT2D eigenvalue weighted by Gasteiger charge is 2.22. The molecule has 0 aromatic carbocycles. The zero-order valence-electron chi connectivity index (χ0n) is 12.0. The van der Waals surface area contributed by atoms with Crippen LogP contribution in [0.15, 0.2) is 0 Å². The van der Waals surface area contributed by atoms with Gasteiger partial charge in [0, 0.05) is 12.8 Å². The maximum Gasteiger partial charge on any atom is 0.263 e. The van der Waals surface area contributed by atoms with Crippen molar-refractivity contribution < 1.29 is 13.2 Å². The molecule has 0 saturated carbocycles. The van der Waals surface area contributed by atoms with Crippen molar-refractivity contribution in [3.05, 3.63) is 15.0 Å². The molecule has 0 atom stereocenters. The molecule has 1 aromatic heterocycles. The lowest BCUT2D eigenvalue weighted by molar-refractivity contribution is 0.0939. The molecular formula is C12H19ClN2O3S2. The monoisotopic (exact) mass is 338 g/mol. The number of carbonyl (C=O) groups excluding carboxylic acids is 1. The van der Waals surface area contributed by atoms with Crippen molar-refractivity contribution in [3.63, 3.8) is 0 Å². The first-order valence-electron chi connectivity index (χ1n) is 6.09. The van der Waals surface area contributed by atoms with E-state index >= 15 is 0 Å². The molecule has 1 N–H and O–H groups in total. The van der Waals surface area contributed by atoms with E-state index in [1.165, 1.54) is 6.26 Å². The third-order valence-corrected chi connectivity index (χ3v) is 5.06. The SMILES string of the molecule is Cc1nc(Cl)sc1C(=O)NCC(C)(C)CCS(C)(=O)=O. The molecule has 0 aliphatic heterocycles. The molecule has 0 radical (unpaired) electrons. The van der Waals surface area contributed by atoms with Crippen molar-refractivity contribution >= 4 is 38.7 Å². The lowest BCUT2D eigenvalue weighted by Gasteiger charge is -2.24. The molecule has 1 amide bonds. The smallest absolute Gasteiger partial charge is 0.263 e. The van der Waals surface area contributed by atoms with Crippen molar-refractivity contribution in [1.29, 1.82) is 0 Å². The highest BCUT2D eigenvalue weighted by atomic mass is 35.5. The number of hydrogen-bond donors (Lipinski definition) is 1. The second-order valence-corrected chi connectivity index (χ2v) is 9.45. The summed E-state index contributed by atoms with van der Waals surface area (Å²) in [7, 11) is -2.99. The molecule has 1 aromatic rings. The van der Waals surface area contributed by atoms with Crippen LogP contribution in [-0.2, 0) is 9.84 Å². The zero-order chi connectivity index (χ0) is 15.6. The van der Waals surface area contributed by atoms with E-state index in [1.807, 2.05) is 13.8 Å². The van der Waals surface area contributed by atoms with Gasteiger partial charge in [0.1, 0.15) is 14.7 Å². The lowest BCUT2D eigenvalue weighted by Crippen LogP contribution is -2.35. The second kappa shape index (κ2) is 6.41. The number of hydrogen-bond acceptors (Lipinski definition) is 5. The van der Waals surface area contributed by atoms with Crippen LogP contribution in [0.5, 0.6) is 0 Å². The molecule has 0 unspecified atom stereocenters. The molecule has 5 nitrogen and oxygen atoms in total. The Kier molecular flexibility index (Phi) is 5.57. The Balaban J connectivity index is 2.57. The molecule has 0 spiro atoms. The van der Waals surface area contributed by atoms with Crippen LogP contribution in [0.25, 0.3) is 0 Å². The van der Waals surface area contributed by atoms with Crippen LogP contribution in [0.3, 0.4) is 0 Å². The normalized spacial score (nSPS) is 12.4. The Labute approximate surface area is 128 Å². The Hall–Kier alpha value is -0.660. The summed E-state index contributed by atoms with van der Waals surface area (Å²) in [6.45, 7) is 5.97. The van der Waals surface area contributed by atoms with Crippen LogP contribution in [0.4, 0.5) is 0 Å². The van der Waals surface area contributed by atoms with Gasteiger partial charge in [-0.25, -0.2) is 13.4 Å². The van der Waals surface area contributed by atoms with Gasteiger partial charge in [-0.2, -0.15) is 0 Å². The van der Waals surface area contributed by atoms with E-state index < -0.39 is 9.84 Å². The van der Waals surface area contributed by atoms with Crippen molar-refractivity contribution in [3.8, 4) is 0 Å². The quantitative estimate of drug-likeness (QED) is 0.863. The number of nitrogens with one attached hydrogen (secondary N) is 1. The van der Waals surface area contributed by atoms with Crippen LogP contribution >= 0.6 is 22.9 Å². The molecule has 8 heteroatoms. The highest BCUT2D eigenvalue weighted by molar-refractivity contribution is 7.90. The van der Waals surface area contributed by atoms with Gasteiger partial charge in [0.2, 0.25) is 0 Å². The first-order chi connectivity index (χ1) is 9.00. The van der Waals surface area contributed by atoms with Gasteiger partial charge in [0.25, 0.3) is 5.91 Å². The highest BCUT2D eigenvalue weighted by Crippen LogP contribution is 2.23. The van der Waals surface area contributed by atoms with Crippen LogP contribution in [0, 0.1) is 12.3 Å². The van der Waals surface area contributed by atoms with Crippen LogP contribution in [0.1, 0.15) is 35.6 Å². The van der Waals surface area contributed by atoms with Crippen molar-refractivity contribution in [2.45, 2.75) is 27.2 Å². The fourth-order valence-corrected chi connectivity index (χ4v) is 3.51. The van der Waals surface area contributed by atoms with Crippen molar-refractivity contribution in [1.82, 2.24) is 10.3 Å². The fraction of sp³-hybridized carbons (Fsp3) is 0.667. The standard InChI is InChI=1S/C12H19ClN2O3S2/c1-8-9(19-11(13)15-8)10(16)14-7-12(2,3)5-6-20(4,17)18/h5-7H2,1-4H3,(H,14,16). The summed E-state index contributed by atoms with van der Waals surface area (Å²) < 4.78 is 22.7.